The quantitative estimate of drug-likeness (QED) is 0.602. The molecular formula is C24H25ClN2O3. The number of benzene rings is 2. The van der Waals surface area contributed by atoms with Crippen molar-refractivity contribution in [2.45, 2.75) is 26.3 Å². The maximum atomic E-state index is 13.5. The zero-order valence-corrected chi connectivity index (χ0v) is 18.4. The summed E-state index contributed by atoms with van der Waals surface area (Å²) in [6, 6.07) is 10.9. The number of aryl methyl sites for hydroxylation is 2. The minimum Gasteiger partial charge on any atom is -0.450 e. The Bertz CT molecular complexity index is 1180. The average molecular weight is 425 g/mol. The van der Waals surface area contributed by atoms with E-state index in [1.165, 1.54) is 0 Å². The van der Waals surface area contributed by atoms with Gasteiger partial charge in [0.2, 0.25) is 5.76 Å². The third-order valence-corrected chi connectivity index (χ3v) is 6.05. The minimum atomic E-state index is -0.462. The van der Waals surface area contributed by atoms with E-state index in [2.05, 4.69) is 4.90 Å². The summed E-state index contributed by atoms with van der Waals surface area (Å²) in [6.45, 7) is 5.24. The predicted octanol–water partition coefficient (Wildman–Crippen LogP) is 4.56. The fourth-order valence-electron chi connectivity index (χ4n) is 4.02. The van der Waals surface area contributed by atoms with E-state index in [0.29, 0.717) is 28.1 Å². The van der Waals surface area contributed by atoms with Crippen LogP contribution in [0.25, 0.3) is 11.0 Å². The molecule has 4 rings (SSSR count). The molecule has 0 radical (unpaired) electrons. The van der Waals surface area contributed by atoms with Gasteiger partial charge in [-0.15, -0.1) is 0 Å². The molecule has 1 aromatic heterocycles. The second kappa shape index (κ2) is 7.89. The van der Waals surface area contributed by atoms with Crippen molar-refractivity contribution in [1.29, 1.82) is 0 Å². The number of nitrogens with zero attached hydrogens (tertiary/aromatic N) is 2. The van der Waals surface area contributed by atoms with Crippen LogP contribution in [0.3, 0.4) is 0 Å². The van der Waals surface area contributed by atoms with Crippen molar-refractivity contribution in [3.8, 4) is 0 Å². The first kappa shape index (κ1) is 20.6. The Hall–Kier alpha value is -2.63. The monoisotopic (exact) mass is 424 g/mol. The maximum absolute atomic E-state index is 13.5. The summed E-state index contributed by atoms with van der Waals surface area (Å²) >= 11 is 6.27. The highest BCUT2D eigenvalue weighted by Crippen LogP contribution is 2.38. The topological polar surface area (TPSA) is 53.8 Å². The van der Waals surface area contributed by atoms with Crippen LogP contribution >= 0.6 is 11.6 Å². The van der Waals surface area contributed by atoms with Gasteiger partial charge in [-0.05, 0) is 64.2 Å². The van der Waals surface area contributed by atoms with E-state index >= 15 is 0 Å². The highest BCUT2D eigenvalue weighted by molar-refractivity contribution is 6.32. The third kappa shape index (κ3) is 3.53. The van der Waals surface area contributed by atoms with E-state index in [-0.39, 0.29) is 17.1 Å². The van der Waals surface area contributed by atoms with Crippen LogP contribution < -0.4 is 5.43 Å². The van der Waals surface area contributed by atoms with Crippen LogP contribution in [0, 0.1) is 13.8 Å². The SMILES string of the molecule is Cc1ccc([C@H]2c3c(oc4cc(C)c(Cl)cc4c3=O)C(=O)N2CCCN(C)C)cc1. The zero-order valence-electron chi connectivity index (χ0n) is 17.7. The molecule has 0 spiro atoms. The lowest BCUT2D eigenvalue weighted by atomic mass is 9.97. The fraction of sp³-hybridized carbons (Fsp3) is 0.333. The van der Waals surface area contributed by atoms with E-state index in [1.807, 2.05) is 52.2 Å². The molecule has 30 heavy (non-hydrogen) atoms. The van der Waals surface area contributed by atoms with Crippen LogP contribution in [0.4, 0.5) is 0 Å². The van der Waals surface area contributed by atoms with Gasteiger partial charge >= 0.3 is 0 Å². The van der Waals surface area contributed by atoms with Crippen LogP contribution in [-0.2, 0) is 0 Å². The normalized spacial score (nSPS) is 16.0. The number of hydrogen-bond donors (Lipinski definition) is 0. The molecule has 5 nitrogen and oxygen atoms in total. The van der Waals surface area contributed by atoms with Crippen molar-refractivity contribution >= 4 is 28.5 Å². The van der Waals surface area contributed by atoms with E-state index < -0.39 is 6.04 Å². The highest BCUT2D eigenvalue weighted by atomic mass is 35.5. The molecule has 1 amide bonds. The number of amides is 1. The Morgan fingerprint density at radius 3 is 2.47 bits per heavy atom. The van der Waals surface area contributed by atoms with Gasteiger partial charge in [-0.25, -0.2) is 0 Å². The summed E-state index contributed by atoms with van der Waals surface area (Å²) in [5.41, 5.74) is 3.43. The minimum absolute atomic E-state index is 0.143. The summed E-state index contributed by atoms with van der Waals surface area (Å²) in [4.78, 5) is 30.7. The molecule has 156 valence electrons. The number of halogens is 1. The van der Waals surface area contributed by atoms with Crippen molar-refractivity contribution in [2.75, 3.05) is 27.2 Å². The predicted molar refractivity (Wildman–Crippen MR) is 119 cm³/mol. The molecule has 2 aromatic carbocycles. The van der Waals surface area contributed by atoms with Crippen molar-refractivity contribution < 1.29 is 9.21 Å². The van der Waals surface area contributed by atoms with Crippen LogP contribution in [-0.4, -0.2) is 42.9 Å². The number of hydrogen-bond acceptors (Lipinski definition) is 4. The smallest absolute Gasteiger partial charge is 0.290 e. The van der Waals surface area contributed by atoms with Gasteiger partial charge in [0.25, 0.3) is 5.91 Å². The number of rotatable bonds is 5. The molecule has 2 heterocycles. The number of carbonyl (C=O) groups is 1. The molecule has 0 unspecified atom stereocenters. The van der Waals surface area contributed by atoms with Gasteiger partial charge in [0.15, 0.2) is 5.43 Å². The molecule has 0 fully saturated rings. The van der Waals surface area contributed by atoms with E-state index in [1.54, 1.807) is 17.0 Å². The van der Waals surface area contributed by atoms with Crippen molar-refractivity contribution in [2.24, 2.45) is 0 Å². The first-order valence-corrected chi connectivity index (χ1v) is 10.4. The molecule has 1 aliphatic rings. The summed E-state index contributed by atoms with van der Waals surface area (Å²) in [6.07, 6.45) is 0.799. The maximum Gasteiger partial charge on any atom is 0.290 e. The summed E-state index contributed by atoms with van der Waals surface area (Å²) < 4.78 is 6.01. The van der Waals surface area contributed by atoms with Gasteiger partial charge in [-0.1, -0.05) is 41.4 Å². The first-order chi connectivity index (χ1) is 14.3. The van der Waals surface area contributed by atoms with E-state index in [4.69, 9.17) is 16.0 Å². The van der Waals surface area contributed by atoms with Crippen molar-refractivity contribution in [3.05, 3.63) is 79.7 Å². The number of fused-ring (bicyclic) bond motifs is 2. The first-order valence-electron chi connectivity index (χ1n) is 10.1. The molecule has 1 aliphatic heterocycles. The lowest BCUT2D eigenvalue weighted by Gasteiger charge is -2.25. The van der Waals surface area contributed by atoms with E-state index in [0.717, 1.165) is 29.7 Å². The lowest BCUT2D eigenvalue weighted by Crippen LogP contribution is -2.32. The Morgan fingerprint density at radius 1 is 1.10 bits per heavy atom. The fourth-order valence-corrected chi connectivity index (χ4v) is 4.19. The van der Waals surface area contributed by atoms with Crippen molar-refractivity contribution in [1.82, 2.24) is 9.80 Å². The van der Waals surface area contributed by atoms with Gasteiger partial charge < -0.3 is 14.2 Å². The summed E-state index contributed by atoms with van der Waals surface area (Å²) in [5, 5.41) is 0.915. The number of carbonyl (C=O) groups excluding carboxylic acids is 1. The van der Waals surface area contributed by atoms with Gasteiger partial charge in [0.1, 0.15) is 5.58 Å². The Balaban J connectivity index is 1.90. The second-order valence-corrected chi connectivity index (χ2v) is 8.65. The Morgan fingerprint density at radius 2 is 1.80 bits per heavy atom. The van der Waals surface area contributed by atoms with Crippen LogP contribution in [0.5, 0.6) is 0 Å². The van der Waals surface area contributed by atoms with E-state index in [9.17, 15) is 9.59 Å². The molecule has 0 N–H and O–H groups in total. The summed E-state index contributed by atoms with van der Waals surface area (Å²) in [5.74, 6) is -0.0921. The molecule has 0 saturated heterocycles. The van der Waals surface area contributed by atoms with Gasteiger partial charge in [-0.2, -0.15) is 0 Å². The molecule has 6 heteroatoms. The molecule has 0 bridgehead atoms. The van der Waals surface area contributed by atoms with Crippen molar-refractivity contribution in [3.63, 3.8) is 0 Å². The highest BCUT2D eigenvalue weighted by Gasteiger charge is 2.42. The Labute approximate surface area is 180 Å². The molecule has 0 aliphatic carbocycles. The van der Waals surface area contributed by atoms with Gasteiger partial charge in [0, 0.05) is 11.6 Å². The van der Waals surface area contributed by atoms with Gasteiger partial charge in [-0.3, -0.25) is 9.59 Å². The summed E-state index contributed by atoms with van der Waals surface area (Å²) in [7, 11) is 4.00. The average Bonchev–Trinajstić information content (AvgIpc) is 2.97. The lowest BCUT2D eigenvalue weighted by molar-refractivity contribution is 0.0722. The third-order valence-electron chi connectivity index (χ3n) is 5.64. The van der Waals surface area contributed by atoms with Gasteiger partial charge in [0.05, 0.1) is 17.0 Å². The Kier molecular flexibility index (Phi) is 5.43. The zero-order chi connectivity index (χ0) is 21.6. The molecule has 0 saturated carbocycles. The van der Waals surface area contributed by atoms with Crippen LogP contribution in [0.2, 0.25) is 5.02 Å². The molecule has 3 aromatic rings. The molecular weight excluding hydrogens is 400 g/mol. The molecule has 1 atom stereocenters. The van der Waals surface area contributed by atoms with Crippen LogP contribution in [0.15, 0.2) is 45.6 Å². The standard InChI is InChI=1S/C24H25ClN2O3/c1-14-6-8-16(9-7-14)21-20-22(28)17-13-18(25)15(2)12-19(17)30-23(20)24(29)27(21)11-5-10-26(3)4/h6-9,12-13,21H,5,10-11H2,1-4H3/t21-/m0/s1. The largest absolute Gasteiger partial charge is 0.450 e. The second-order valence-electron chi connectivity index (χ2n) is 8.24. The van der Waals surface area contributed by atoms with Crippen LogP contribution in [0.1, 0.15) is 45.3 Å².